The zero-order chi connectivity index (χ0) is 16.1. The highest BCUT2D eigenvalue weighted by Gasteiger charge is 2.06. The van der Waals surface area contributed by atoms with Crippen LogP contribution in [-0.4, -0.2) is 19.3 Å². The van der Waals surface area contributed by atoms with E-state index in [4.69, 9.17) is 21.7 Å². The molecule has 0 aliphatic heterocycles. The fraction of sp³-hybridized carbons (Fsp3) is 0.188. The Bertz CT molecular complexity index is 692. The number of anilines is 2. The quantitative estimate of drug-likeness (QED) is 0.759. The molecule has 22 heavy (non-hydrogen) atoms. The molecule has 0 heterocycles. The fourth-order valence-electron chi connectivity index (χ4n) is 1.97. The van der Waals surface area contributed by atoms with E-state index in [1.54, 1.807) is 14.2 Å². The molecule has 0 aliphatic carbocycles. The first-order chi connectivity index (χ1) is 10.5. The molecule has 116 valence electrons. The summed E-state index contributed by atoms with van der Waals surface area (Å²) in [6, 6.07) is 11.5. The molecule has 0 spiro atoms. The molecule has 2 aromatic carbocycles. The number of halogens is 1. The largest absolute Gasteiger partial charge is 0.493 e. The van der Waals surface area contributed by atoms with Gasteiger partial charge in [-0.2, -0.15) is 0 Å². The lowest BCUT2D eigenvalue weighted by atomic mass is 10.2. The van der Waals surface area contributed by atoms with Crippen LogP contribution in [0.3, 0.4) is 0 Å². The van der Waals surface area contributed by atoms with Gasteiger partial charge in [0.1, 0.15) is 0 Å². The monoisotopic (exact) mass is 380 g/mol. The normalized spacial score (nSPS) is 10.0. The molecule has 2 aromatic rings. The van der Waals surface area contributed by atoms with E-state index in [-0.39, 0.29) is 0 Å². The molecule has 4 nitrogen and oxygen atoms in total. The molecule has 2 rings (SSSR count). The van der Waals surface area contributed by atoms with Crippen LogP contribution in [0.2, 0.25) is 0 Å². The second-order valence-corrected chi connectivity index (χ2v) is 5.93. The molecule has 0 radical (unpaired) electrons. The maximum atomic E-state index is 5.35. The van der Waals surface area contributed by atoms with E-state index in [1.807, 2.05) is 43.3 Å². The average molecular weight is 381 g/mol. The summed E-state index contributed by atoms with van der Waals surface area (Å²) in [5, 5.41) is 6.82. The summed E-state index contributed by atoms with van der Waals surface area (Å²) in [6.45, 7) is 2.02. The van der Waals surface area contributed by atoms with Crippen LogP contribution < -0.4 is 20.1 Å². The molecule has 2 N–H and O–H groups in total. The van der Waals surface area contributed by atoms with Crippen molar-refractivity contribution >= 4 is 44.6 Å². The van der Waals surface area contributed by atoms with E-state index in [0.717, 1.165) is 21.4 Å². The van der Waals surface area contributed by atoms with E-state index < -0.39 is 0 Å². The summed E-state index contributed by atoms with van der Waals surface area (Å²) < 4.78 is 11.5. The highest BCUT2D eigenvalue weighted by Crippen LogP contribution is 2.29. The molecule has 6 heteroatoms. The topological polar surface area (TPSA) is 42.5 Å². The smallest absolute Gasteiger partial charge is 0.175 e. The van der Waals surface area contributed by atoms with Crippen molar-refractivity contribution in [2.75, 3.05) is 24.9 Å². The van der Waals surface area contributed by atoms with Crippen molar-refractivity contribution in [3.05, 3.63) is 46.4 Å². The summed E-state index contributed by atoms with van der Waals surface area (Å²) in [4.78, 5) is 0. The van der Waals surface area contributed by atoms with E-state index in [1.165, 1.54) is 0 Å². The Hall–Kier alpha value is -1.79. The van der Waals surface area contributed by atoms with Gasteiger partial charge in [0.2, 0.25) is 0 Å². The molecule has 0 fully saturated rings. The maximum Gasteiger partial charge on any atom is 0.175 e. The number of rotatable bonds is 4. The number of aryl methyl sites for hydroxylation is 1. The maximum absolute atomic E-state index is 5.35. The number of benzene rings is 2. The van der Waals surface area contributed by atoms with Crippen LogP contribution in [0.5, 0.6) is 11.5 Å². The molecule has 0 aromatic heterocycles. The average Bonchev–Trinajstić information content (AvgIpc) is 2.50. The Kier molecular flexibility index (Phi) is 5.63. The SMILES string of the molecule is COc1ccc(NC(=S)Nc2ccc(Br)cc2C)cc1OC. The summed E-state index contributed by atoms with van der Waals surface area (Å²) in [7, 11) is 3.21. The van der Waals surface area contributed by atoms with Crippen molar-refractivity contribution in [3.8, 4) is 11.5 Å². The first kappa shape index (κ1) is 16.6. The summed E-state index contributed by atoms with van der Waals surface area (Å²) in [5.41, 5.74) is 2.89. The first-order valence-electron chi connectivity index (χ1n) is 6.59. The van der Waals surface area contributed by atoms with Gasteiger partial charge in [-0.25, -0.2) is 0 Å². The minimum Gasteiger partial charge on any atom is -0.493 e. The van der Waals surface area contributed by atoms with Gasteiger partial charge in [0.15, 0.2) is 16.6 Å². The molecular weight excluding hydrogens is 364 g/mol. The number of hydrogen-bond acceptors (Lipinski definition) is 3. The zero-order valence-electron chi connectivity index (χ0n) is 12.6. The van der Waals surface area contributed by atoms with Crippen LogP contribution in [0.1, 0.15) is 5.56 Å². The Balaban J connectivity index is 2.08. The third-order valence-electron chi connectivity index (χ3n) is 3.08. The van der Waals surface area contributed by atoms with Gasteiger partial charge in [-0.05, 0) is 55.0 Å². The molecule has 0 unspecified atom stereocenters. The van der Waals surface area contributed by atoms with Crippen LogP contribution in [0, 0.1) is 6.92 Å². The molecule has 0 atom stereocenters. The van der Waals surface area contributed by atoms with Gasteiger partial charge in [0.25, 0.3) is 0 Å². The van der Waals surface area contributed by atoms with Crippen molar-refractivity contribution in [2.45, 2.75) is 6.92 Å². The van der Waals surface area contributed by atoms with Crippen LogP contribution in [0.15, 0.2) is 40.9 Å². The fourth-order valence-corrected chi connectivity index (χ4v) is 2.67. The van der Waals surface area contributed by atoms with Crippen LogP contribution >= 0.6 is 28.1 Å². The van der Waals surface area contributed by atoms with Crippen LogP contribution in [0.25, 0.3) is 0 Å². The Morgan fingerprint density at radius 1 is 1.00 bits per heavy atom. The predicted octanol–water partition coefficient (Wildman–Crippen LogP) is 4.58. The summed E-state index contributed by atoms with van der Waals surface area (Å²) >= 11 is 8.79. The zero-order valence-corrected chi connectivity index (χ0v) is 15.0. The lowest BCUT2D eigenvalue weighted by molar-refractivity contribution is 0.355. The predicted molar refractivity (Wildman–Crippen MR) is 98.3 cm³/mol. The van der Waals surface area contributed by atoms with E-state index >= 15 is 0 Å². The molecule has 0 aliphatic rings. The Morgan fingerprint density at radius 3 is 2.36 bits per heavy atom. The first-order valence-corrected chi connectivity index (χ1v) is 7.80. The molecule has 0 saturated heterocycles. The Labute approximate surface area is 144 Å². The van der Waals surface area contributed by atoms with Gasteiger partial charge in [0, 0.05) is 21.9 Å². The minimum atomic E-state index is 0.512. The van der Waals surface area contributed by atoms with Gasteiger partial charge < -0.3 is 20.1 Å². The molecule has 0 amide bonds. The second kappa shape index (κ2) is 7.47. The van der Waals surface area contributed by atoms with Crippen molar-refractivity contribution in [3.63, 3.8) is 0 Å². The lowest BCUT2D eigenvalue weighted by Crippen LogP contribution is -2.19. The number of hydrogen-bond donors (Lipinski definition) is 2. The van der Waals surface area contributed by atoms with Gasteiger partial charge in [-0.3, -0.25) is 0 Å². The minimum absolute atomic E-state index is 0.512. The van der Waals surface area contributed by atoms with E-state index in [2.05, 4.69) is 26.6 Å². The summed E-state index contributed by atoms with van der Waals surface area (Å²) in [6.07, 6.45) is 0. The number of methoxy groups -OCH3 is 2. The third-order valence-corrected chi connectivity index (χ3v) is 3.78. The molecule has 0 saturated carbocycles. The number of ether oxygens (including phenoxy) is 2. The van der Waals surface area contributed by atoms with Gasteiger partial charge in [-0.15, -0.1) is 0 Å². The van der Waals surface area contributed by atoms with Gasteiger partial charge in [-0.1, -0.05) is 15.9 Å². The molecular formula is C16H17BrN2O2S. The second-order valence-electron chi connectivity index (χ2n) is 4.61. The van der Waals surface area contributed by atoms with Crippen LogP contribution in [-0.2, 0) is 0 Å². The van der Waals surface area contributed by atoms with Crippen molar-refractivity contribution < 1.29 is 9.47 Å². The number of thiocarbonyl (C=S) groups is 1. The van der Waals surface area contributed by atoms with Crippen LogP contribution in [0.4, 0.5) is 11.4 Å². The number of nitrogens with one attached hydrogen (secondary N) is 2. The third kappa shape index (κ3) is 4.11. The van der Waals surface area contributed by atoms with E-state index in [0.29, 0.717) is 16.6 Å². The molecule has 0 bridgehead atoms. The highest BCUT2D eigenvalue weighted by atomic mass is 79.9. The van der Waals surface area contributed by atoms with Gasteiger partial charge in [0.05, 0.1) is 14.2 Å². The van der Waals surface area contributed by atoms with E-state index in [9.17, 15) is 0 Å². The van der Waals surface area contributed by atoms with Gasteiger partial charge >= 0.3 is 0 Å². The van der Waals surface area contributed by atoms with Crippen molar-refractivity contribution in [2.24, 2.45) is 0 Å². The lowest BCUT2D eigenvalue weighted by Gasteiger charge is -2.14. The standard InChI is InChI=1S/C16H17BrN2O2S/c1-10-8-11(17)4-6-13(10)19-16(22)18-12-5-7-14(20-2)15(9-12)21-3/h4-9H,1-3H3,(H2,18,19,22). The highest BCUT2D eigenvalue weighted by molar-refractivity contribution is 9.10. The van der Waals surface area contributed by atoms with Crippen molar-refractivity contribution in [1.29, 1.82) is 0 Å². The van der Waals surface area contributed by atoms with Crippen molar-refractivity contribution in [1.82, 2.24) is 0 Å². The Morgan fingerprint density at radius 2 is 1.73 bits per heavy atom. The summed E-state index contributed by atoms with van der Waals surface area (Å²) in [5.74, 6) is 1.32.